The second-order valence-electron chi connectivity index (χ2n) is 13.8. The lowest BCUT2D eigenvalue weighted by Crippen LogP contribution is -2.16. The summed E-state index contributed by atoms with van der Waals surface area (Å²) < 4.78 is 0. The highest BCUT2D eigenvalue weighted by molar-refractivity contribution is 5.98. The van der Waals surface area contributed by atoms with Gasteiger partial charge in [-0.15, -0.1) is 0 Å². The quantitative estimate of drug-likeness (QED) is 0.175. The molecule has 0 heterocycles. The van der Waals surface area contributed by atoms with Crippen LogP contribution in [0.4, 0.5) is 17.1 Å². The topological polar surface area (TPSA) is 3.24 Å². The van der Waals surface area contributed by atoms with Gasteiger partial charge in [-0.05, 0) is 109 Å². The van der Waals surface area contributed by atoms with Gasteiger partial charge in [-0.1, -0.05) is 159 Å². The van der Waals surface area contributed by atoms with Gasteiger partial charge in [0, 0.05) is 22.5 Å². The molecule has 1 heteroatoms. The van der Waals surface area contributed by atoms with Gasteiger partial charge in [-0.3, -0.25) is 0 Å². The average Bonchev–Trinajstić information content (AvgIpc) is 3.41. The van der Waals surface area contributed by atoms with Crippen LogP contribution in [0.3, 0.4) is 0 Å². The second kappa shape index (κ2) is 12.1. The third-order valence-electron chi connectivity index (χ3n) is 10.4. The molecule has 238 valence electrons. The van der Waals surface area contributed by atoms with Gasteiger partial charge in [0.1, 0.15) is 0 Å². The lowest BCUT2D eigenvalue weighted by molar-refractivity contribution is 0.660. The molecule has 0 aromatic heterocycles. The van der Waals surface area contributed by atoms with Crippen molar-refractivity contribution in [1.29, 1.82) is 0 Å². The van der Waals surface area contributed by atoms with Crippen LogP contribution >= 0.6 is 0 Å². The zero-order valence-corrected chi connectivity index (χ0v) is 28.3. The second-order valence-corrected chi connectivity index (χ2v) is 13.8. The van der Waals surface area contributed by atoms with Gasteiger partial charge in [0.05, 0.1) is 0 Å². The van der Waals surface area contributed by atoms with Crippen molar-refractivity contribution in [3.63, 3.8) is 0 Å². The number of fused-ring (bicyclic) bond motifs is 4. The van der Waals surface area contributed by atoms with Crippen molar-refractivity contribution >= 4 is 27.8 Å². The maximum atomic E-state index is 2.45. The first-order valence-corrected chi connectivity index (χ1v) is 17.4. The van der Waals surface area contributed by atoms with E-state index < -0.39 is 0 Å². The first-order chi connectivity index (χ1) is 24.5. The molecule has 0 saturated heterocycles. The maximum Gasteiger partial charge on any atom is 0.0473 e. The lowest BCUT2D eigenvalue weighted by Gasteiger charge is -2.29. The SMILES string of the molecule is CC1(C)c2ccccc2-c2ccc(N(c3cc(-c4ccccc4)cc(-c4ccccc4)c3)c3cccc(-c4cccc5ccccc45)c3)cc21. The highest BCUT2D eigenvalue weighted by Crippen LogP contribution is 2.51. The fourth-order valence-electron chi connectivity index (χ4n) is 7.90. The van der Waals surface area contributed by atoms with E-state index in [1.54, 1.807) is 0 Å². The van der Waals surface area contributed by atoms with Crippen molar-refractivity contribution in [2.75, 3.05) is 4.90 Å². The van der Waals surface area contributed by atoms with E-state index in [0.717, 1.165) is 17.1 Å². The van der Waals surface area contributed by atoms with E-state index in [-0.39, 0.29) is 5.41 Å². The Morgan fingerprint density at radius 1 is 0.340 bits per heavy atom. The number of hydrogen-bond donors (Lipinski definition) is 0. The first kappa shape index (κ1) is 29.9. The number of hydrogen-bond acceptors (Lipinski definition) is 1. The molecule has 1 aliphatic rings. The normalized spacial score (nSPS) is 12.8. The molecule has 9 rings (SSSR count). The van der Waals surface area contributed by atoms with E-state index >= 15 is 0 Å². The molecule has 0 atom stereocenters. The minimum atomic E-state index is -0.112. The van der Waals surface area contributed by atoms with Crippen molar-refractivity contribution in [3.8, 4) is 44.5 Å². The largest absolute Gasteiger partial charge is 0.310 e. The van der Waals surface area contributed by atoms with E-state index in [1.807, 2.05) is 0 Å². The Morgan fingerprint density at radius 3 is 1.64 bits per heavy atom. The van der Waals surface area contributed by atoms with Crippen molar-refractivity contribution in [2.45, 2.75) is 19.3 Å². The average molecular weight is 640 g/mol. The number of rotatable bonds is 6. The summed E-state index contributed by atoms with van der Waals surface area (Å²) in [5.41, 5.74) is 15.9. The van der Waals surface area contributed by atoms with Crippen molar-refractivity contribution in [2.24, 2.45) is 0 Å². The molecular weight excluding hydrogens is 603 g/mol. The molecule has 1 nitrogen and oxygen atoms in total. The monoisotopic (exact) mass is 639 g/mol. The van der Waals surface area contributed by atoms with Crippen LogP contribution in [0.2, 0.25) is 0 Å². The third kappa shape index (κ3) is 5.11. The third-order valence-corrected chi connectivity index (χ3v) is 10.4. The van der Waals surface area contributed by atoms with Crippen LogP contribution < -0.4 is 4.90 Å². The highest BCUT2D eigenvalue weighted by atomic mass is 15.1. The van der Waals surface area contributed by atoms with E-state index in [9.17, 15) is 0 Å². The fourth-order valence-corrected chi connectivity index (χ4v) is 7.90. The Bertz CT molecular complexity index is 2450. The van der Waals surface area contributed by atoms with Crippen LogP contribution in [0.25, 0.3) is 55.3 Å². The molecule has 0 spiro atoms. The lowest BCUT2D eigenvalue weighted by atomic mass is 9.82. The summed E-state index contributed by atoms with van der Waals surface area (Å²) in [5.74, 6) is 0. The summed E-state index contributed by atoms with van der Waals surface area (Å²) in [6.45, 7) is 4.72. The van der Waals surface area contributed by atoms with Crippen LogP contribution in [0.15, 0.2) is 188 Å². The summed E-state index contributed by atoms with van der Waals surface area (Å²) >= 11 is 0. The molecule has 0 unspecified atom stereocenters. The summed E-state index contributed by atoms with van der Waals surface area (Å²) in [6.07, 6.45) is 0. The van der Waals surface area contributed by atoms with Gasteiger partial charge in [-0.2, -0.15) is 0 Å². The maximum absolute atomic E-state index is 2.45. The van der Waals surface area contributed by atoms with Crippen LogP contribution in [0, 0.1) is 0 Å². The Balaban J connectivity index is 1.29. The fraction of sp³-hybridized carbons (Fsp3) is 0.0612. The molecule has 0 aliphatic heterocycles. The van der Waals surface area contributed by atoms with Gasteiger partial charge in [0.2, 0.25) is 0 Å². The van der Waals surface area contributed by atoms with Gasteiger partial charge >= 0.3 is 0 Å². The number of anilines is 3. The molecule has 0 saturated carbocycles. The molecule has 0 fully saturated rings. The molecule has 50 heavy (non-hydrogen) atoms. The smallest absolute Gasteiger partial charge is 0.0473 e. The van der Waals surface area contributed by atoms with Crippen LogP contribution in [-0.2, 0) is 5.41 Å². The molecule has 1 aliphatic carbocycles. The van der Waals surface area contributed by atoms with Crippen molar-refractivity contribution < 1.29 is 0 Å². The van der Waals surface area contributed by atoms with E-state index in [2.05, 4.69) is 207 Å². The zero-order valence-electron chi connectivity index (χ0n) is 28.3. The minimum absolute atomic E-state index is 0.112. The standard InChI is InChI=1S/C49H37N/c1-49(2)47-26-12-11-24-45(47)46-28-27-41(33-48(46)49)50(40-22-13-21-37(30-40)44-25-14-20-36-19-9-10-23-43(36)44)42-31-38(34-15-5-3-6-16-34)29-39(32-42)35-17-7-4-8-18-35/h3-33H,1-2H3. The van der Waals surface area contributed by atoms with Gasteiger partial charge in [0.15, 0.2) is 0 Å². The molecule has 8 aromatic carbocycles. The molecular formula is C49H37N. The van der Waals surface area contributed by atoms with Crippen LogP contribution in [-0.4, -0.2) is 0 Å². The van der Waals surface area contributed by atoms with Gasteiger partial charge < -0.3 is 4.90 Å². The summed E-state index contributed by atoms with van der Waals surface area (Å²) in [6, 6.07) is 68.7. The van der Waals surface area contributed by atoms with Crippen LogP contribution in [0.5, 0.6) is 0 Å². The van der Waals surface area contributed by atoms with E-state index in [1.165, 1.54) is 66.4 Å². The minimum Gasteiger partial charge on any atom is -0.310 e. The highest BCUT2D eigenvalue weighted by Gasteiger charge is 2.35. The summed E-state index contributed by atoms with van der Waals surface area (Å²) in [4.78, 5) is 2.45. The van der Waals surface area contributed by atoms with Crippen molar-refractivity contribution in [1.82, 2.24) is 0 Å². The molecule has 0 bridgehead atoms. The zero-order chi connectivity index (χ0) is 33.7. The van der Waals surface area contributed by atoms with Gasteiger partial charge in [0.25, 0.3) is 0 Å². The predicted molar refractivity (Wildman–Crippen MR) is 213 cm³/mol. The molecule has 8 aromatic rings. The van der Waals surface area contributed by atoms with E-state index in [0.29, 0.717) is 0 Å². The summed E-state index contributed by atoms with van der Waals surface area (Å²) in [7, 11) is 0. The van der Waals surface area contributed by atoms with Crippen molar-refractivity contribution in [3.05, 3.63) is 199 Å². The Morgan fingerprint density at radius 2 is 0.880 bits per heavy atom. The van der Waals surface area contributed by atoms with Gasteiger partial charge in [-0.25, -0.2) is 0 Å². The number of nitrogens with zero attached hydrogens (tertiary/aromatic N) is 1. The van der Waals surface area contributed by atoms with E-state index in [4.69, 9.17) is 0 Å². The Hall–Kier alpha value is -6.18. The first-order valence-electron chi connectivity index (χ1n) is 17.4. The predicted octanol–water partition coefficient (Wildman–Crippen LogP) is 13.6. The Labute approximate surface area is 294 Å². The molecule has 0 N–H and O–H groups in total. The molecule has 0 radical (unpaired) electrons. The molecule has 0 amide bonds. The van der Waals surface area contributed by atoms with Crippen LogP contribution in [0.1, 0.15) is 25.0 Å². The number of benzene rings is 8. The summed E-state index contributed by atoms with van der Waals surface area (Å²) in [5, 5.41) is 2.50. The Kier molecular flexibility index (Phi) is 7.21.